The number of anilines is 2. The third-order valence-corrected chi connectivity index (χ3v) is 8.10. The van der Waals surface area contributed by atoms with E-state index in [0.717, 1.165) is 25.9 Å². The van der Waals surface area contributed by atoms with Crippen LogP contribution in [0.4, 0.5) is 11.8 Å². The van der Waals surface area contributed by atoms with Crippen LogP contribution in [-0.4, -0.2) is 50.0 Å². The van der Waals surface area contributed by atoms with Gasteiger partial charge in [-0.15, -0.1) is 0 Å². The van der Waals surface area contributed by atoms with E-state index in [9.17, 15) is 14.9 Å². The van der Waals surface area contributed by atoms with Crippen LogP contribution in [0.5, 0.6) is 0 Å². The quantitative estimate of drug-likeness (QED) is 0.270. The highest BCUT2D eigenvalue weighted by Crippen LogP contribution is 2.39. The average molecular weight is 573 g/mol. The van der Waals surface area contributed by atoms with Gasteiger partial charge in [-0.25, -0.2) is 9.97 Å². The summed E-state index contributed by atoms with van der Waals surface area (Å²) in [6.07, 6.45) is 4.61. The van der Waals surface area contributed by atoms with Gasteiger partial charge >= 0.3 is 0 Å². The SMILES string of the molecule is Cc1nc(N)nc(N2CC[C@H]2c2nc3cccc(C#CCCCC(=O)N4CCCC4)c3c(=O)n2-c2ccccc2)c1C#N. The molecule has 216 valence electrons. The number of likely N-dealkylation sites (tertiary alicyclic amines) is 1. The van der Waals surface area contributed by atoms with Crippen molar-refractivity contribution in [2.45, 2.75) is 51.5 Å². The van der Waals surface area contributed by atoms with Gasteiger partial charge in [0.15, 0.2) is 5.82 Å². The van der Waals surface area contributed by atoms with E-state index in [1.807, 2.05) is 58.3 Å². The van der Waals surface area contributed by atoms with Crippen LogP contribution in [0.2, 0.25) is 0 Å². The minimum absolute atomic E-state index is 0.0905. The summed E-state index contributed by atoms with van der Waals surface area (Å²) >= 11 is 0. The number of nitriles is 1. The fraction of sp³-hybridized carbons (Fsp3) is 0.333. The second-order valence-electron chi connectivity index (χ2n) is 10.9. The molecule has 43 heavy (non-hydrogen) atoms. The van der Waals surface area contributed by atoms with E-state index in [1.165, 1.54) is 0 Å². The van der Waals surface area contributed by atoms with Crippen molar-refractivity contribution in [2.24, 2.45) is 0 Å². The second kappa shape index (κ2) is 11.9. The van der Waals surface area contributed by atoms with E-state index in [0.29, 0.717) is 77.3 Å². The molecule has 4 heterocycles. The maximum atomic E-state index is 14.3. The molecule has 0 aliphatic carbocycles. The van der Waals surface area contributed by atoms with Crippen molar-refractivity contribution in [3.05, 3.63) is 81.5 Å². The number of unbranched alkanes of at least 4 members (excludes halogenated alkanes) is 1. The maximum absolute atomic E-state index is 14.3. The summed E-state index contributed by atoms with van der Waals surface area (Å²) in [6.45, 7) is 4.07. The number of aromatic nitrogens is 4. The number of nitrogen functional groups attached to an aromatic ring is 1. The normalized spacial score (nSPS) is 16.0. The lowest BCUT2D eigenvalue weighted by molar-refractivity contribution is -0.130. The Bertz CT molecular complexity index is 1860. The lowest BCUT2D eigenvalue weighted by Crippen LogP contribution is -2.45. The highest BCUT2D eigenvalue weighted by atomic mass is 16.2. The number of hydrogen-bond donors (Lipinski definition) is 1. The van der Waals surface area contributed by atoms with Gasteiger partial charge in [0.1, 0.15) is 17.5 Å². The molecule has 10 nitrogen and oxygen atoms in total. The summed E-state index contributed by atoms with van der Waals surface area (Å²) < 4.78 is 1.64. The predicted octanol–water partition coefficient (Wildman–Crippen LogP) is 4.03. The van der Waals surface area contributed by atoms with Crippen LogP contribution in [0.3, 0.4) is 0 Å². The van der Waals surface area contributed by atoms with E-state index in [2.05, 4.69) is 27.9 Å². The summed E-state index contributed by atoms with van der Waals surface area (Å²) in [7, 11) is 0. The first kappa shape index (κ1) is 27.9. The van der Waals surface area contributed by atoms with Crippen LogP contribution in [0.15, 0.2) is 53.3 Å². The summed E-state index contributed by atoms with van der Waals surface area (Å²) in [6, 6.07) is 16.8. The van der Waals surface area contributed by atoms with E-state index in [4.69, 9.17) is 10.7 Å². The molecule has 4 aromatic rings. The molecule has 0 radical (unpaired) electrons. The minimum atomic E-state index is -0.305. The smallest absolute Gasteiger partial charge is 0.267 e. The van der Waals surface area contributed by atoms with Gasteiger partial charge in [-0.05, 0) is 56.9 Å². The van der Waals surface area contributed by atoms with Gasteiger partial charge in [0.25, 0.3) is 5.56 Å². The number of aryl methyl sites for hydroxylation is 1. The molecule has 0 unspecified atom stereocenters. The molecule has 2 N–H and O–H groups in total. The number of nitrogens with zero attached hydrogens (tertiary/aromatic N) is 7. The Labute approximate surface area is 249 Å². The topological polar surface area (TPSA) is 134 Å². The molecule has 1 atom stereocenters. The first-order valence-corrected chi connectivity index (χ1v) is 14.6. The first-order valence-electron chi connectivity index (χ1n) is 14.6. The number of carbonyl (C=O) groups is 1. The molecule has 2 aliphatic rings. The van der Waals surface area contributed by atoms with Gasteiger partial charge < -0.3 is 15.5 Å². The highest BCUT2D eigenvalue weighted by Gasteiger charge is 2.37. The average Bonchev–Trinajstić information content (AvgIpc) is 3.52. The van der Waals surface area contributed by atoms with Crippen molar-refractivity contribution < 1.29 is 4.79 Å². The fourth-order valence-electron chi connectivity index (χ4n) is 5.84. The van der Waals surface area contributed by atoms with Crippen LogP contribution >= 0.6 is 0 Å². The van der Waals surface area contributed by atoms with Crippen molar-refractivity contribution >= 4 is 28.6 Å². The van der Waals surface area contributed by atoms with Crippen molar-refractivity contribution in [2.75, 3.05) is 30.3 Å². The Morgan fingerprint density at radius 3 is 2.56 bits per heavy atom. The number of benzene rings is 2. The molecular weight excluding hydrogens is 540 g/mol. The number of nitrogens with two attached hydrogens (primary N) is 1. The number of hydrogen-bond acceptors (Lipinski definition) is 8. The van der Waals surface area contributed by atoms with Gasteiger partial charge in [0.05, 0.1) is 28.3 Å². The lowest BCUT2D eigenvalue weighted by Gasteiger charge is -2.42. The van der Waals surface area contributed by atoms with Gasteiger partial charge in [0, 0.05) is 38.0 Å². The van der Waals surface area contributed by atoms with E-state index >= 15 is 0 Å². The molecular formula is C33H32N8O2. The van der Waals surface area contributed by atoms with Crippen LogP contribution in [0, 0.1) is 30.1 Å². The van der Waals surface area contributed by atoms with Crippen LogP contribution in [0.1, 0.15) is 67.2 Å². The molecule has 2 fully saturated rings. The largest absolute Gasteiger partial charge is 0.368 e. The zero-order valence-electron chi connectivity index (χ0n) is 24.1. The van der Waals surface area contributed by atoms with Crippen LogP contribution < -0.4 is 16.2 Å². The number of para-hydroxylation sites is 1. The standard InChI is InChI=1S/C33H32N8O2/c1-22-25(21-34)30(38-33(35)36-22)40-20-17-27(40)31-37-26-15-10-12-23(11-4-2-7-16-28(42)39-18-8-9-19-39)29(26)32(43)41(31)24-13-5-3-6-14-24/h3,5-6,10,12-15,27H,2,7-9,16-20H2,1H3,(H2,35,36,38)/t27-/m0/s1. The third-order valence-electron chi connectivity index (χ3n) is 8.10. The third kappa shape index (κ3) is 5.40. The van der Waals surface area contributed by atoms with Crippen molar-refractivity contribution in [3.63, 3.8) is 0 Å². The monoisotopic (exact) mass is 572 g/mol. The van der Waals surface area contributed by atoms with Gasteiger partial charge in [0.2, 0.25) is 11.9 Å². The zero-order chi connectivity index (χ0) is 29.9. The van der Waals surface area contributed by atoms with Crippen molar-refractivity contribution in [3.8, 4) is 23.6 Å². The summed E-state index contributed by atoms with van der Waals surface area (Å²) in [5.74, 6) is 7.64. The molecule has 2 saturated heterocycles. The number of rotatable bonds is 6. The first-order chi connectivity index (χ1) is 21.0. The molecule has 0 spiro atoms. The molecule has 2 aromatic heterocycles. The number of amides is 1. The van der Waals surface area contributed by atoms with E-state index < -0.39 is 0 Å². The summed E-state index contributed by atoms with van der Waals surface area (Å²) in [4.78, 5) is 44.1. The van der Waals surface area contributed by atoms with Gasteiger partial charge in [-0.1, -0.05) is 36.1 Å². The highest BCUT2D eigenvalue weighted by molar-refractivity contribution is 5.85. The predicted molar refractivity (Wildman–Crippen MR) is 164 cm³/mol. The number of fused-ring (bicyclic) bond motifs is 1. The van der Waals surface area contributed by atoms with Gasteiger partial charge in [-0.2, -0.15) is 10.2 Å². The minimum Gasteiger partial charge on any atom is -0.368 e. The molecule has 2 aliphatic heterocycles. The second-order valence-corrected chi connectivity index (χ2v) is 10.9. The van der Waals surface area contributed by atoms with Crippen LogP contribution in [0.25, 0.3) is 16.6 Å². The number of carbonyl (C=O) groups excluding carboxylic acids is 1. The maximum Gasteiger partial charge on any atom is 0.267 e. The molecule has 10 heteroatoms. The molecule has 6 rings (SSSR count). The Morgan fingerprint density at radius 1 is 1.05 bits per heavy atom. The van der Waals surface area contributed by atoms with Crippen LogP contribution in [-0.2, 0) is 4.79 Å². The lowest BCUT2D eigenvalue weighted by atomic mass is 9.99. The van der Waals surface area contributed by atoms with E-state index in [-0.39, 0.29) is 23.5 Å². The Balaban J connectivity index is 1.37. The zero-order valence-corrected chi connectivity index (χ0v) is 24.1. The molecule has 0 saturated carbocycles. The Morgan fingerprint density at radius 2 is 1.84 bits per heavy atom. The molecule has 1 amide bonds. The fourth-order valence-corrected chi connectivity index (χ4v) is 5.84. The Kier molecular flexibility index (Phi) is 7.76. The summed E-state index contributed by atoms with van der Waals surface area (Å²) in [5, 5.41) is 10.3. The van der Waals surface area contributed by atoms with E-state index in [1.54, 1.807) is 11.5 Å². The van der Waals surface area contributed by atoms with Crippen molar-refractivity contribution in [1.82, 2.24) is 24.4 Å². The van der Waals surface area contributed by atoms with Gasteiger partial charge in [-0.3, -0.25) is 14.2 Å². The molecule has 0 bridgehead atoms. The molecule has 2 aromatic carbocycles. The Hall–Kier alpha value is -5.22. The van der Waals surface area contributed by atoms with Crippen molar-refractivity contribution in [1.29, 1.82) is 5.26 Å². The summed E-state index contributed by atoms with van der Waals surface area (Å²) in [5.41, 5.74) is 8.45.